The number of aliphatic hydroxyl groups is 1. The van der Waals surface area contributed by atoms with E-state index in [1.165, 1.54) is 0 Å². The van der Waals surface area contributed by atoms with Crippen molar-refractivity contribution in [3.05, 3.63) is 0 Å². The lowest BCUT2D eigenvalue weighted by molar-refractivity contribution is -0.131. The van der Waals surface area contributed by atoms with Gasteiger partial charge in [0.05, 0.1) is 6.10 Å². The van der Waals surface area contributed by atoms with E-state index in [2.05, 4.69) is 0 Å². The van der Waals surface area contributed by atoms with Crippen LogP contribution in [0, 0.1) is 0 Å². The van der Waals surface area contributed by atoms with Crippen LogP contribution in [-0.4, -0.2) is 17.5 Å². The maximum Gasteiger partial charge on any atom is 0.154 e. The lowest BCUT2D eigenvalue weighted by Crippen LogP contribution is -2.17. The summed E-state index contributed by atoms with van der Waals surface area (Å²) in [6.07, 6.45) is 1.24. The van der Waals surface area contributed by atoms with Crippen LogP contribution < -0.4 is 0 Å². The third-order valence-electron chi connectivity index (χ3n) is 1.31. The van der Waals surface area contributed by atoms with Crippen LogP contribution >= 0.6 is 0 Å². The topological polar surface area (TPSA) is 29.5 Å². The fourth-order valence-electron chi connectivity index (χ4n) is 0.461. The Morgan fingerprint density at radius 3 is 2.22 bits per heavy atom. The summed E-state index contributed by atoms with van der Waals surface area (Å²) in [6, 6.07) is 0. The van der Waals surface area contributed by atoms with E-state index in [4.69, 9.17) is 9.84 Å². The molecule has 0 fully saturated rings. The van der Waals surface area contributed by atoms with E-state index in [1.54, 1.807) is 0 Å². The largest absolute Gasteiger partial charge is 0.368 e. The van der Waals surface area contributed by atoms with Crippen molar-refractivity contribution in [1.29, 1.82) is 0 Å². The van der Waals surface area contributed by atoms with Crippen LogP contribution in [0.25, 0.3) is 0 Å². The molecule has 0 bridgehead atoms. The number of aliphatic hydroxyl groups excluding tert-OH is 1. The van der Waals surface area contributed by atoms with Gasteiger partial charge in [-0.25, -0.2) is 0 Å². The quantitative estimate of drug-likeness (QED) is 0.588. The van der Waals surface area contributed by atoms with Crippen LogP contribution in [0.4, 0.5) is 0 Å². The number of rotatable bonds is 4. The smallest absolute Gasteiger partial charge is 0.154 e. The van der Waals surface area contributed by atoms with Crippen LogP contribution in [0.5, 0.6) is 0 Å². The number of hydrogen-bond acceptors (Lipinski definition) is 2. The van der Waals surface area contributed by atoms with Gasteiger partial charge < -0.3 is 9.84 Å². The molecule has 0 aromatic rings. The molecular weight excluding hydrogens is 116 g/mol. The average molecular weight is 132 g/mol. The van der Waals surface area contributed by atoms with Gasteiger partial charge in [-0.1, -0.05) is 13.8 Å². The fraction of sp³-hybridized carbons (Fsp3) is 1.00. The minimum atomic E-state index is -0.569. The van der Waals surface area contributed by atoms with Crippen LogP contribution in [0.15, 0.2) is 0 Å². The number of ether oxygens (including phenoxy) is 1. The van der Waals surface area contributed by atoms with E-state index in [0.717, 1.165) is 6.42 Å². The van der Waals surface area contributed by atoms with Crippen LogP contribution in [0.1, 0.15) is 33.6 Å². The highest BCUT2D eigenvalue weighted by Gasteiger charge is 2.04. The van der Waals surface area contributed by atoms with E-state index in [9.17, 15) is 0 Å². The highest BCUT2D eigenvalue weighted by atomic mass is 16.6. The molecule has 0 aliphatic heterocycles. The molecule has 1 N–H and O–H groups in total. The molecule has 0 saturated heterocycles. The molecule has 0 aromatic carbocycles. The molecule has 0 aliphatic rings. The van der Waals surface area contributed by atoms with Gasteiger partial charge in [-0.3, -0.25) is 0 Å². The van der Waals surface area contributed by atoms with Gasteiger partial charge in [-0.15, -0.1) is 0 Å². The molecule has 0 aromatic heterocycles. The van der Waals surface area contributed by atoms with Gasteiger partial charge in [0.2, 0.25) is 0 Å². The molecule has 9 heavy (non-hydrogen) atoms. The van der Waals surface area contributed by atoms with Crippen molar-refractivity contribution in [2.24, 2.45) is 0 Å². The first kappa shape index (κ1) is 8.92. The molecule has 2 atom stereocenters. The summed E-state index contributed by atoms with van der Waals surface area (Å²) < 4.78 is 5.10. The third kappa shape index (κ3) is 4.43. The predicted octanol–water partition coefficient (Wildman–Crippen LogP) is 1.53. The normalized spacial score (nSPS) is 17.3. The molecule has 0 saturated carbocycles. The van der Waals surface area contributed by atoms with E-state index in [1.807, 2.05) is 20.8 Å². The molecule has 0 amide bonds. The molecular formula is C7H16O2. The van der Waals surface area contributed by atoms with Crippen molar-refractivity contribution in [2.45, 2.75) is 46.0 Å². The van der Waals surface area contributed by atoms with Gasteiger partial charge in [0, 0.05) is 0 Å². The minimum Gasteiger partial charge on any atom is -0.368 e. The lowest BCUT2D eigenvalue weighted by atomic mass is 10.3. The Morgan fingerprint density at radius 2 is 1.89 bits per heavy atom. The van der Waals surface area contributed by atoms with Crippen molar-refractivity contribution in [1.82, 2.24) is 0 Å². The first-order chi connectivity index (χ1) is 4.20. The van der Waals surface area contributed by atoms with Crippen molar-refractivity contribution < 1.29 is 9.84 Å². The average Bonchev–Trinajstić information content (AvgIpc) is 1.87. The molecule has 2 nitrogen and oxygen atoms in total. The Morgan fingerprint density at radius 1 is 1.33 bits per heavy atom. The SMILES string of the molecule is CCC(O)O[C@@H](C)CC. The van der Waals surface area contributed by atoms with Gasteiger partial charge in [0.1, 0.15) is 0 Å². The summed E-state index contributed by atoms with van der Waals surface area (Å²) in [6.45, 7) is 5.89. The Labute approximate surface area is 56.8 Å². The van der Waals surface area contributed by atoms with Crippen molar-refractivity contribution in [3.8, 4) is 0 Å². The molecule has 56 valence electrons. The van der Waals surface area contributed by atoms with Gasteiger partial charge in [0.15, 0.2) is 6.29 Å². The summed E-state index contributed by atoms with van der Waals surface area (Å²) in [4.78, 5) is 0. The molecule has 0 heterocycles. The maximum atomic E-state index is 8.94. The van der Waals surface area contributed by atoms with Gasteiger partial charge in [-0.05, 0) is 19.8 Å². The summed E-state index contributed by atoms with van der Waals surface area (Å²) >= 11 is 0. The second-order valence-corrected chi connectivity index (χ2v) is 2.22. The van der Waals surface area contributed by atoms with Gasteiger partial charge >= 0.3 is 0 Å². The molecule has 0 rings (SSSR count). The highest BCUT2D eigenvalue weighted by Crippen LogP contribution is 2.01. The van der Waals surface area contributed by atoms with Gasteiger partial charge in [-0.2, -0.15) is 0 Å². The molecule has 0 radical (unpaired) electrons. The maximum absolute atomic E-state index is 8.94. The first-order valence-corrected chi connectivity index (χ1v) is 3.54. The van der Waals surface area contributed by atoms with Crippen molar-refractivity contribution in [2.75, 3.05) is 0 Å². The third-order valence-corrected chi connectivity index (χ3v) is 1.31. The predicted molar refractivity (Wildman–Crippen MR) is 37.1 cm³/mol. The molecule has 2 heteroatoms. The second-order valence-electron chi connectivity index (χ2n) is 2.22. The highest BCUT2D eigenvalue weighted by molar-refractivity contribution is 4.45. The Bertz CT molecular complexity index is 55.9. The van der Waals surface area contributed by atoms with Crippen molar-refractivity contribution >= 4 is 0 Å². The molecule has 0 spiro atoms. The van der Waals surface area contributed by atoms with E-state index < -0.39 is 6.29 Å². The van der Waals surface area contributed by atoms with Crippen LogP contribution in [-0.2, 0) is 4.74 Å². The summed E-state index contributed by atoms with van der Waals surface area (Å²) in [5.41, 5.74) is 0. The monoisotopic (exact) mass is 132 g/mol. The Hall–Kier alpha value is -0.0800. The van der Waals surface area contributed by atoms with Crippen LogP contribution in [0.3, 0.4) is 0 Å². The number of hydrogen-bond donors (Lipinski definition) is 1. The van der Waals surface area contributed by atoms with Crippen LogP contribution in [0.2, 0.25) is 0 Å². The van der Waals surface area contributed by atoms with Gasteiger partial charge in [0.25, 0.3) is 0 Å². The Kier molecular flexibility index (Phi) is 4.72. The minimum absolute atomic E-state index is 0.181. The standard InChI is InChI=1S/C7H16O2/c1-4-6(3)9-7(8)5-2/h6-8H,4-5H2,1-3H3/t6-,7?/m0/s1. The molecule has 0 aliphatic carbocycles. The zero-order valence-corrected chi connectivity index (χ0v) is 6.42. The summed E-state index contributed by atoms with van der Waals surface area (Å²) in [7, 11) is 0. The van der Waals surface area contributed by atoms with E-state index in [-0.39, 0.29) is 6.10 Å². The lowest BCUT2D eigenvalue weighted by Gasteiger charge is -2.14. The summed E-state index contributed by atoms with van der Waals surface area (Å²) in [5.74, 6) is 0. The summed E-state index contributed by atoms with van der Waals surface area (Å²) in [5, 5.41) is 8.94. The van der Waals surface area contributed by atoms with E-state index in [0.29, 0.717) is 6.42 Å². The van der Waals surface area contributed by atoms with E-state index >= 15 is 0 Å². The second kappa shape index (κ2) is 4.77. The first-order valence-electron chi connectivity index (χ1n) is 3.54. The van der Waals surface area contributed by atoms with Crippen molar-refractivity contribution in [3.63, 3.8) is 0 Å². The molecule has 1 unspecified atom stereocenters. The fourth-order valence-corrected chi connectivity index (χ4v) is 0.461. The zero-order chi connectivity index (χ0) is 7.28. The zero-order valence-electron chi connectivity index (χ0n) is 6.42. The Balaban J connectivity index is 3.22.